The molecule has 1 aromatic carbocycles. The standard InChI is InChI=1S/C17H17BrN2O5/c1-20(10-15(21)19-9-14-6-3-7-24-14)16(22)11-25-17(23)12-4-2-5-13(18)8-12/h2-8H,9-11H2,1H3,(H,19,21). The van der Waals surface area contributed by atoms with Crippen LogP contribution in [0.25, 0.3) is 0 Å². The third-order valence-electron chi connectivity index (χ3n) is 3.23. The third-order valence-corrected chi connectivity index (χ3v) is 3.73. The monoisotopic (exact) mass is 408 g/mol. The molecule has 1 heterocycles. The lowest BCUT2D eigenvalue weighted by atomic mass is 10.2. The molecular weight excluding hydrogens is 392 g/mol. The first-order chi connectivity index (χ1) is 12.0. The van der Waals surface area contributed by atoms with Crippen LogP contribution in [0.3, 0.4) is 0 Å². The average molecular weight is 409 g/mol. The Bertz CT molecular complexity index is 745. The summed E-state index contributed by atoms with van der Waals surface area (Å²) in [4.78, 5) is 36.8. The van der Waals surface area contributed by atoms with Crippen LogP contribution in [0, 0.1) is 0 Å². The summed E-state index contributed by atoms with van der Waals surface area (Å²) in [7, 11) is 1.46. The maximum atomic E-state index is 12.0. The first-order valence-electron chi connectivity index (χ1n) is 7.41. The summed E-state index contributed by atoms with van der Waals surface area (Å²) < 4.78 is 10.8. The molecule has 0 fully saturated rings. The zero-order valence-corrected chi connectivity index (χ0v) is 15.1. The molecule has 0 unspecified atom stereocenters. The van der Waals surface area contributed by atoms with Gasteiger partial charge in [0.05, 0.1) is 24.9 Å². The van der Waals surface area contributed by atoms with Crippen molar-refractivity contribution in [2.24, 2.45) is 0 Å². The van der Waals surface area contributed by atoms with Crippen molar-refractivity contribution in [3.8, 4) is 0 Å². The summed E-state index contributed by atoms with van der Waals surface area (Å²) in [5, 5.41) is 2.63. The highest BCUT2D eigenvalue weighted by Crippen LogP contribution is 2.12. The topological polar surface area (TPSA) is 88.8 Å². The number of esters is 1. The molecule has 0 aliphatic carbocycles. The zero-order chi connectivity index (χ0) is 18.2. The highest BCUT2D eigenvalue weighted by atomic mass is 79.9. The molecule has 0 spiro atoms. The number of ether oxygens (including phenoxy) is 1. The lowest BCUT2D eigenvalue weighted by Gasteiger charge is -2.16. The Morgan fingerprint density at radius 1 is 1.24 bits per heavy atom. The van der Waals surface area contributed by atoms with Gasteiger partial charge in [-0.15, -0.1) is 0 Å². The summed E-state index contributed by atoms with van der Waals surface area (Å²) in [6.45, 7) is -0.340. The molecule has 1 N–H and O–H groups in total. The molecule has 2 amide bonds. The number of carbonyl (C=O) groups excluding carboxylic acids is 3. The first-order valence-corrected chi connectivity index (χ1v) is 8.20. The van der Waals surface area contributed by atoms with Gasteiger partial charge in [-0.2, -0.15) is 0 Å². The lowest BCUT2D eigenvalue weighted by Crippen LogP contribution is -2.39. The third kappa shape index (κ3) is 6.07. The van der Waals surface area contributed by atoms with E-state index in [4.69, 9.17) is 9.15 Å². The van der Waals surface area contributed by atoms with Crippen LogP contribution in [0.4, 0.5) is 0 Å². The number of halogens is 1. The molecule has 2 aromatic rings. The van der Waals surface area contributed by atoms with Crippen LogP contribution in [0.5, 0.6) is 0 Å². The molecule has 0 aliphatic rings. The van der Waals surface area contributed by atoms with Gasteiger partial charge in [-0.3, -0.25) is 9.59 Å². The van der Waals surface area contributed by atoms with Crippen molar-refractivity contribution in [3.63, 3.8) is 0 Å². The Balaban J connectivity index is 1.74. The van der Waals surface area contributed by atoms with Crippen LogP contribution in [-0.2, 0) is 20.9 Å². The number of carbonyl (C=O) groups is 3. The van der Waals surface area contributed by atoms with Gasteiger partial charge in [0.15, 0.2) is 6.61 Å². The SMILES string of the molecule is CN(CC(=O)NCc1ccco1)C(=O)COC(=O)c1cccc(Br)c1. The van der Waals surface area contributed by atoms with Gasteiger partial charge in [0.2, 0.25) is 5.91 Å². The minimum absolute atomic E-state index is 0.145. The Kier molecular flexibility index (Phi) is 6.76. The number of nitrogens with one attached hydrogen (secondary N) is 1. The summed E-state index contributed by atoms with van der Waals surface area (Å²) in [6.07, 6.45) is 1.51. The predicted molar refractivity (Wildman–Crippen MR) is 92.6 cm³/mol. The van der Waals surface area contributed by atoms with Gasteiger partial charge in [0, 0.05) is 11.5 Å². The molecule has 0 atom stereocenters. The quantitative estimate of drug-likeness (QED) is 0.707. The van der Waals surface area contributed by atoms with Crippen molar-refractivity contribution in [3.05, 3.63) is 58.5 Å². The average Bonchev–Trinajstić information content (AvgIpc) is 3.11. The predicted octanol–water partition coefficient (Wildman–Crippen LogP) is 1.97. The van der Waals surface area contributed by atoms with Crippen molar-refractivity contribution >= 4 is 33.7 Å². The van der Waals surface area contributed by atoms with Gasteiger partial charge < -0.3 is 19.4 Å². The van der Waals surface area contributed by atoms with Crippen LogP contribution < -0.4 is 5.32 Å². The van der Waals surface area contributed by atoms with Crippen LogP contribution >= 0.6 is 15.9 Å². The van der Waals surface area contributed by atoms with E-state index in [1.165, 1.54) is 18.2 Å². The minimum Gasteiger partial charge on any atom is -0.467 e. The van der Waals surface area contributed by atoms with Crippen molar-refractivity contribution in [2.45, 2.75) is 6.54 Å². The fourth-order valence-corrected chi connectivity index (χ4v) is 2.29. The van der Waals surface area contributed by atoms with E-state index in [9.17, 15) is 14.4 Å². The van der Waals surface area contributed by atoms with E-state index in [2.05, 4.69) is 21.2 Å². The smallest absolute Gasteiger partial charge is 0.338 e. The lowest BCUT2D eigenvalue weighted by molar-refractivity contribution is -0.137. The second kappa shape index (κ2) is 9.03. The highest BCUT2D eigenvalue weighted by molar-refractivity contribution is 9.10. The van der Waals surface area contributed by atoms with Crippen LogP contribution in [-0.4, -0.2) is 42.9 Å². The van der Waals surface area contributed by atoms with Gasteiger partial charge in [-0.1, -0.05) is 22.0 Å². The van der Waals surface area contributed by atoms with Gasteiger partial charge >= 0.3 is 5.97 Å². The summed E-state index contributed by atoms with van der Waals surface area (Å²) in [5.41, 5.74) is 0.334. The van der Waals surface area contributed by atoms with Crippen LogP contribution in [0.2, 0.25) is 0 Å². The van der Waals surface area contributed by atoms with Crippen molar-refractivity contribution in [1.82, 2.24) is 10.2 Å². The number of benzene rings is 1. The van der Waals surface area contributed by atoms with E-state index in [-0.39, 0.29) is 19.0 Å². The van der Waals surface area contributed by atoms with Crippen molar-refractivity contribution in [1.29, 1.82) is 0 Å². The number of amides is 2. The van der Waals surface area contributed by atoms with Crippen LogP contribution in [0.15, 0.2) is 51.6 Å². The number of rotatable bonds is 7. The van der Waals surface area contributed by atoms with Crippen LogP contribution in [0.1, 0.15) is 16.1 Å². The molecular formula is C17H17BrN2O5. The number of likely N-dealkylation sites (N-methyl/N-ethyl adjacent to an activating group) is 1. The second-order valence-electron chi connectivity index (χ2n) is 5.19. The Hall–Kier alpha value is -2.61. The zero-order valence-electron chi connectivity index (χ0n) is 13.5. The maximum absolute atomic E-state index is 12.0. The van der Waals surface area contributed by atoms with Gasteiger partial charge in [-0.05, 0) is 30.3 Å². The number of hydrogen-bond donors (Lipinski definition) is 1. The molecule has 0 saturated carbocycles. The molecule has 7 nitrogen and oxygen atoms in total. The summed E-state index contributed by atoms with van der Waals surface area (Å²) >= 11 is 3.26. The molecule has 0 bridgehead atoms. The van der Waals surface area contributed by atoms with E-state index in [0.717, 1.165) is 4.47 Å². The fraction of sp³-hybridized carbons (Fsp3) is 0.235. The maximum Gasteiger partial charge on any atom is 0.338 e. The number of nitrogens with zero attached hydrogens (tertiary/aromatic N) is 1. The molecule has 8 heteroatoms. The largest absolute Gasteiger partial charge is 0.467 e. The molecule has 132 valence electrons. The summed E-state index contributed by atoms with van der Waals surface area (Å²) in [5.74, 6) is -0.808. The van der Waals surface area contributed by atoms with Gasteiger partial charge in [0.25, 0.3) is 5.91 Å². The normalized spacial score (nSPS) is 10.2. The molecule has 0 radical (unpaired) electrons. The van der Waals surface area contributed by atoms with E-state index >= 15 is 0 Å². The first kappa shape index (κ1) is 18.7. The highest BCUT2D eigenvalue weighted by Gasteiger charge is 2.16. The van der Waals surface area contributed by atoms with E-state index in [1.54, 1.807) is 36.4 Å². The van der Waals surface area contributed by atoms with E-state index < -0.39 is 18.5 Å². The Morgan fingerprint density at radius 3 is 2.72 bits per heavy atom. The Morgan fingerprint density at radius 2 is 2.04 bits per heavy atom. The molecule has 0 saturated heterocycles. The number of furan rings is 1. The number of hydrogen-bond acceptors (Lipinski definition) is 5. The summed E-state index contributed by atoms with van der Waals surface area (Å²) in [6, 6.07) is 10.1. The van der Waals surface area contributed by atoms with Crippen molar-refractivity contribution in [2.75, 3.05) is 20.2 Å². The molecule has 2 rings (SSSR count). The van der Waals surface area contributed by atoms with Gasteiger partial charge in [0.1, 0.15) is 5.76 Å². The Labute approximate surface area is 153 Å². The molecule has 1 aromatic heterocycles. The minimum atomic E-state index is -0.606. The van der Waals surface area contributed by atoms with E-state index in [1.807, 2.05) is 0 Å². The second-order valence-corrected chi connectivity index (χ2v) is 6.11. The van der Waals surface area contributed by atoms with E-state index in [0.29, 0.717) is 11.3 Å². The molecule has 0 aliphatic heterocycles. The van der Waals surface area contributed by atoms with Crippen molar-refractivity contribution < 1.29 is 23.5 Å². The molecule has 25 heavy (non-hydrogen) atoms. The van der Waals surface area contributed by atoms with Gasteiger partial charge in [-0.25, -0.2) is 4.79 Å². The fourth-order valence-electron chi connectivity index (χ4n) is 1.89.